The van der Waals surface area contributed by atoms with Crippen LogP contribution in [0.4, 0.5) is 0 Å². The van der Waals surface area contributed by atoms with Crippen molar-refractivity contribution < 1.29 is 4.52 Å². The van der Waals surface area contributed by atoms with Crippen LogP contribution < -0.4 is 5.32 Å². The smallest absolute Gasteiger partial charge is 0.258 e. The predicted molar refractivity (Wildman–Crippen MR) is 72.3 cm³/mol. The summed E-state index contributed by atoms with van der Waals surface area (Å²) in [6.07, 6.45) is 2.49. The molecule has 94 valence electrons. The molecule has 0 aliphatic heterocycles. The van der Waals surface area contributed by atoms with E-state index in [2.05, 4.69) is 31.4 Å². The van der Waals surface area contributed by atoms with Gasteiger partial charge in [-0.3, -0.25) is 0 Å². The lowest BCUT2D eigenvalue weighted by atomic mass is 10.2. The normalized spacial score (nSPS) is 15.0. The van der Waals surface area contributed by atoms with E-state index in [1.165, 1.54) is 12.8 Å². The Bertz CT molecular complexity index is 568. The van der Waals surface area contributed by atoms with Gasteiger partial charge in [0, 0.05) is 16.1 Å². The third-order valence-electron chi connectivity index (χ3n) is 2.76. The van der Waals surface area contributed by atoms with Crippen molar-refractivity contribution in [1.82, 2.24) is 15.5 Å². The molecule has 1 saturated carbocycles. The summed E-state index contributed by atoms with van der Waals surface area (Å²) >= 11 is 9.32. The maximum Gasteiger partial charge on any atom is 0.258 e. The maximum absolute atomic E-state index is 5.94. The molecule has 0 amide bonds. The molecular weight excluding hydrogens is 318 g/mol. The van der Waals surface area contributed by atoms with Gasteiger partial charge in [-0.1, -0.05) is 16.8 Å². The molecule has 0 saturated heterocycles. The van der Waals surface area contributed by atoms with E-state index in [9.17, 15) is 0 Å². The van der Waals surface area contributed by atoms with E-state index in [4.69, 9.17) is 16.1 Å². The fourth-order valence-electron chi connectivity index (χ4n) is 1.60. The minimum absolute atomic E-state index is 0.514. The number of aromatic nitrogens is 2. The summed E-state index contributed by atoms with van der Waals surface area (Å²) in [5.41, 5.74) is 0.858. The highest BCUT2D eigenvalue weighted by Gasteiger charge is 2.21. The van der Waals surface area contributed by atoms with Gasteiger partial charge in [0.1, 0.15) is 0 Å². The van der Waals surface area contributed by atoms with Crippen LogP contribution in [0.5, 0.6) is 0 Å². The third kappa shape index (κ3) is 2.74. The van der Waals surface area contributed by atoms with E-state index in [0.29, 0.717) is 29.3 Å². The Morgan fingerprint density at radius 3 is 3.00 bits per heavy atom. The number of nitrogens with one attached hydrogen (secondary N) is 1. The molecule has 4 nitrogen and oxygen atoms in total. The van der Waals surface area contributed by atoms with Gasteiger partial charge in [0.25, 0.3) is 5.89 Å². The van der Waals surface area contributed by atoms with E-state index < -0.39 is 0 Å². The molecule has 1 aromatic carbocycles. The van der Waals surface area contributed by atoms with Crippen molar-refractivity contribution in [3.05, 3.63) is 33.5 Å². The highest BCUT2D eigenvalue weighted by atomic mass is 79.9. The second kappa shape index (κ2) is 4.99. The van der Waals surface area contributed by atoms with E-state index in [-0.39, 0.29) is 0 Å². The Morgan fingerprint density at radius 2 is 2.28 bits per heavy atom. The topological polar surface area (TPSA) is 51.0 Å². The number of hydrogen-bond donors (Lipinski definition) is 1. The SMILES string of the molecule is Clc1ccc(-c2nc(CNC3CC3)no2)cc1Br. The maximum atomic E-state index is 5.94. The number of benzene rings is 1. The summed E-state index contributed by atoms with van der Waals surface area (Å²) in [6, 6.07) is 6.16. The van der Waals surface area contributed by atoms with Gasteiger partial charge in [-0.15, -0.1) is 0 Å². The van der Waals surface area contributed by atoms with Crippen molar-refractivity contribution in [3.63, 3.8) is 0 Å². The zero-order valence-electron chi connectivity index (χ0n) is 9.49. The summed E-state index contributed by atoms with van der Waals surface area (Å²) < 4.78 is 6.05. The van der Waals surface area contributed by atoms with Crippen molar-refractivity contribution in [1.29, 1.82) is 0 Å². The average molecular weight is 329 g/mol. The van der Waals surface area contributed by atoms with Gasteiger partial charge >= 0.3 is 0 Å². The van der Waals surface area contributed by atoms with Gasteiger partial charge in [0.05, 0.1) is 11.6 Å². The third-order valence-corrected chi connectivity index (χ3v) is 3.97. The van der Waals surface area contributed by atoms with Crippen molar-refractivity contribution in [2.75, 3.05) is 0 Å². The fraction of sp³-hybridized carbons (Fsp3) is 0.333. The molecule has 1 aliphatic rings. The Balaban J connectivity index is 1.76. The Morgan fingerprint density at radius 1 is 1.44 bits per heavy atom. The van der Waals surface area contributed by atoms with Gasteiger partial charge in [-0.25, -0.2) is 0 Å². The van der Waals surface area contributed by atoms with E-state index in [0.717, 1.165) is 10.0 Å². The molecule has 0 atom stereocenters. The van der Waals surface area contributed by atoms with Crippen molar-refractivity contribution in [3.8, 4) is 11.5 Å². The lowest BCUT2D eigenvalue weighted by Gasteiger charge is -1.97. The minimum Gasteiger partial charge on any atom is -0.334 e. The molecule has 3 rings (SSSR count). The molecule has 6 heteroatoms. The zero-order valence-corrected chi connectivity index (χ0v) is 11.8. The van der Waals surface area contributed by atoms with Crippen LogP contribution in [0, 0.1) is 0 Å². The van der Waals surface area contributed by atoms with Crippen molar-refractivity contribution in [2.24, 2.45) is 0 Å². The number of hydrogen-bond acceptors (Lipinski definition) is 4. The van der Waals surface area contributed by atoms with Crippen LogP contribution in [0.1, 0.15) is 18.7 Å². The summed E-state index contributed by atoms with van der Waals surface area (Å²) in [5.74, 6) is 1.20. The minimum atomic E-state index is 0.514. The second-order valence-corrected chi connectivity index (χ2v) is 5.56. The zero-order chi connectivity index (χ0) is 12.5. The summed E-state index contributed by atoms with van der Waals surface area (Å²) in [5, 5.41) is 7.95. The molecule has 1 fully saturated rings. The van der Waals surface area contributed by atoms with Crippen LogP contribution >= 0.6 is 27.5 Å². The monoisotopic (exact) mass is 327 g/mol. The van der Waals surface area contributed by atoms with Crippen LogP contribution in [-0.4, -0.2) is 16.2 Å². The Kier molecular flexibility index (Phi) is 3.37. The first-order valence-electron chi connectivity index (χ1n) is 5.74. The van der Waals surface area contributed by atoms with Crippen LogP contribution in [0.2, 0.25) is 5.02 Å². The molecular formula is C12H11BrClN3O. The standard InChI is InChI=1S/C12H11BrClN3O/c13-9-5-7(1-4-10(9)14)12-16-11(17-18-12)6-15-8-2-3-8/h1,4-5,8,15H,2-3,6H2. The van der Waals surface area contributed by atoms with Gasteiger partial charge < -0.3 is 9.84 Å². The van der Waals surface area contributed by atoms with Crippen LogP contribution in [0.3, 0.4) is 0 Å². The molecule has 0 unspecified atom stereocenters. The lowest BCUT2D eigenvalue weighted by molar-refractivity contribution is 0.419. The highest BCUT2D eigenvalue weighted by molar-refractivity contribution is 9.10. The first-order chi connectivity index (χ1) is 8.72. The first-order valence-corrected chi connectivity index (χ1v) is 6.91. The van der Waals surface area contributed by atoms with Gasteiger partial charge in [0.2, 0.25) is 0 Å². The van der Waals surface area contributed by atoms with Gasteiger partial charge in [-0.05, 0) is 47.0 Å². The number of nitrogens with zero attached hydrogens (tertiary/aromatic N) is 2. The largest absolute Gasteiger partial charge is 0.334 e. The fourth-order valence-corrected chi connectivity index (χ4v) is 2.09. The molecule has 2 aromatic rings. The number of halogens is 2. The molecule has 18 heavy (non-hydrogen) atoms. The van der Waals surface area contributed by atoms with Crippen LogP contribution in [-0.2, 0) is 6.54 Å². The van der Waals surface area contributed by atoms with Crippen LogP contribution in [0.25, 0.3) is 11.5 Å². The van der Waals surface area contributed by atoms with Gasteiger partial charge in [-0.2, -0.15) is 4.98 Å². The first kappa shape index (κ1) is 12.1. The highest BCUT2D eigenvalue weighted by Crippen LogP contribution is 2.28. The van der Waals surface area contributed by atoms with E-state index in [1.807, 2.05) is 12.1 Å². The quantitative estimate of drug-likeness (QED) is 0.934. The van der Waals surface area contributed by atoms with Gasteiger partial charge in [0.15, 0.2) is 5.82 Å². The summed E-state index contributed by atoms with van der Waals surface area (Å²) in [6.45, 7) is 0.656. The Labute approximate surface area is 118 Å². The van der Waals surface area contributed by atoms with Crippen molar-refractivity contribution in [2.45, 2.75) is 25.4 Å². The summed E-state index contributed by atoms with van der Waals surface area (Å²) in [4.78, 5) is 4.35. The molecule has 0 spiro atoms. The second-order valence-electron chi connectivity index (χ2n) is 4.30. The number of rotatable bonds is 4. The predicted octanol–water partition coefficient (Wildman–Crippen LogP) is 3.40. The summed E-state index contributed by atoms with van der Waals surface area (Å²) in [7, 11) is 0. The van der Waals surface area contributed by atoms with E-state index >= 15 is 0 Å². The Hall–Kier alpha value is -0.910. The molecule has 1 N–H and O–H groups in total. The molecule has 1 aromatic heterocycles. The van der Waals surface area contributed by atoms with Crippen molar-refractivity contribution >= 4 is 27.5 Å². The molecule has 1 heterocycles. The van der Waals surface area contributed by atoms with E-state index in [1.54, 1.807) is 6.07 Å². The van der Waals surface area contributed by atoms with Crippen LogP contribution in [0.15, 0.2) is 27.2 Å². The molecule has 0 radical (unpaired) electrons. The average Bonchev–Trinajstić information content (AvgIpc) is 3.08. The molecule has 0 bridgehead atoms. The molecule has 1 aliphatic carbocycles. The lowest BCUT2D eigenvalue weighted by Crippen LogP contribution is -2.16.